The topological polar surface area (TPSA) is 137 Å². The Morgan fingerprint density at radius 2 is 2.00 bits per heavy atom. The van der Waals surface area contributed by atoms with Gasteiger partial charge in [0, 0.05) is 5.56 Å². The highest BCUT2D eigenvalue weighted by Gasteiger charge is 2.25. The molecule has 0 aliphatic heterocycles. The first-order chi connectivity index (χ1) is 14.1. The third kappa shape index (κ3) is 3.43. The lowest BCUT2D eigenvalue weighted by molar-refractivity contribution is 0.0948. The summed E-state index contributed by atoms with van der Waals surface area (Å²) < 4.78 is 5.96. The molecule has 0 unspecified atom stereocenters. The van der Waals surface area contributed by atoms with Crippen LogP contribution < -0.4 is 11.2 Å². The zero-order chi connectivity index (χ0) is 20.4. The summed E-state index contributed by atoms with van der Waals surface area (Å²) in [6.07, 6.45) is 1.60. The summed E-state index contributed by atoms with van der Waals surface area (Å²) in [4.78, 5) is 12.7. The highest BCUT2D eigenvalue weighted by molar-refractivity contribution is 6.00. The molecule has 2 aromatic heterocycles. The van der Waals surface area contributed by atoms with E-state index >= 15 is 0 Å². The van der Waals surface area contributed by atoms with Gasteiger partial charge in [0.1, 0.15) is 0 Å². The Bertz CT molecular complexity index is 1200. The lowest BCUT2D eigenvalue weighted by Gasteiger charge is -2.08. The zero-order valence-corrected chi connectivity index (χ0v) is 15.8. The number of aromatic nitrogens is 5. The van der Waals surface area contributed by atoms with Gasteiger partial charge in [-0.2, -0.15) is 9.78 Å². The molecule has 10 nitrogen and oxygen atoms in total. The molecular formula is C19H18N8O2. The van der Waals surface area contributed by atoms with Crippen molar-refractivity contribution < 1.29 is 9.42 Å². The summed E-state index contributed by atoms with van der Waals surface area (Å²) >= 11 is 0. The fourth-order valence-corrected chi connectivity index (χ4v) is 3.04. The number of rotatable bonds is 5. The van der Waals surface area contributed by atoms with E-state index in [0.717, 1.165) is 16.3 Å². The molecule has 10 heteroatoms. The van der Waals surface area contributed by atoms with Crippen LogP contribution in [0.1, 0.15) is 41.5 Å². The number of fused-ring (bicyclic) bond motifs is 1. The molecule has 0 saturated carbocycles. The van der Waals surface area contributed by atoms with Crippen molar-refractivity contribution in [2.45, 2.75) is 19.8 Å². The fraction of sp³-hybridized carbons (Fsp3) is 0.158. The second-order valence-electron chi connectivity index (χ2n) is 6.63. The number of nitrogen functional groups attached to an aromatic ring is 1. The normalized spacial score (nSPS) is 11.6. The number of hydrogen-bond acceptors (Lipinski definition) is 8. The van der Waals surface area contributed by atoms with Crippen LogP contribution in [0.4, 0.5) is 5.82 Å². The van der Waals surface area contributed by atoms with Crippen LogP contribution in [-0.4, -0.2) is 37.4 Å². The van der Waals surface area contributed by atoms with Crippen LogP contribution in [0.5, 0.6) is 0 Å². The predicted octanol–water partition coefficient (Wildman–Crippen LogP) is 2.27. The van der Waals surface area contributed by atoms with Crippen molar-refractivity contribution in [3.05, 3.63) is 59.4 Å². The van der Waals surface area contributed by atoms with Gasteiger partial charge >= 0.3 is 0 Å². The summed E-state index contributed by atoms with van der Waals surface area (Å²) in [5.74, 6) is -0.354. The maximum atomic E-state index is 12.7. The second-order valence-corrected chi connectivity index (χ2v) is 6.63. The number of hydrazone groups is 1. The number of benzene rings is 2. The molecule has 2 aromatic carbocycles. The summed E-state index contributed by atoms with van der Waals surface area (Å²) in [6.45, 7) is 3.80. The first kappa shape index (κ1) is 18.3. The highest BCUT2D eigenvalue weighted by atomic mass is 16.6. The smallest absolute Gasteiger partial charge is 0.293 e. The van der Waals surface area contributed by atoms with Crippen molar-refractivity contribution in [2.24, 2.45) is 5.10 Å². The summed E-state index contributed by atoms with van der Waals surface area (Å²) in [6, 6.07) is 13.8. The zero-order valence-electron chi connectivity index (χ0n) is 15.8. The van der Waals surface area contributed by atoms with Crippen LogP contribution in [0.25, 0.3) is 16.6 Å². The van der Waals surface area contributed by atoms with E-state index < -0.39 is 5.91 Å². The van der Waals surface area contributed by atoms with Gasteiger partial charge in [-0.15, -0.1) is 5.10 Å². The largest absolute Gasteiger partial charge is 0.378 e. The minimum atomic E-state index is -0.494. The summed E-state index contributed by atoms with van der Waals surface area (Å²) in [5, 5.41) is 21.4. The average Bonchev–Trinajstić information content (AvgIpc) is 3.34. The first-order valence-corrected chi connectivity index (χ1v) is 8.91. The monoisotopic (exact) mass is 390 g/mol. The quantitative estimate of drug-likeness (QED) is 0.394. The van der Waals surface area contributed by atoms with Crippen LogP contribution in [0, 0.1) is 0 Å². The van der Waals surface area contributed by atoms with Gasteiger partial charge in [0.25, 0.3) is 5.91 Å². The molecule has 146 valence electrons. The average molecular weight is 390 g/mol. The highest BCUT2D eigenvalue weighted by Crippen LogP contribution is 2.22. The van der Waals surface area contributed by atoms with Gasteiger partial charge in [-0.3, -0.25) is 4.79 Å². The Morgan fingerprint density at radius 3 is 2.76 bits per heavy atom. The third-order valence-electron chi connectivity index (χ3n) is 4.36. The standard InChI is InChI=1S/C19H18N8O2/c1-11(2)16-15(22-26-27(16)18-17(20)24-29-25-18)19(28)23-21-10-13-8-5-7-12-6-3-4-9-14(12)13/h3-11H,1-2H3,(H2,20,24)(H,23,28)/b21-10-. The molecule has 0 radical (unpaired) electrons. The number of carbonyl (C=O) groups excluding carboxylic acids is 1. The molecule has 0 saturated heterocycles. The van der Waals surface area contributed by atoms with Gasteiger partial charge in [0.2, 0.25) is 11.6 Å². The number of amides is 1. The molecule has 4 aromatic rings. The Labute approximate surface area is 165 Å². The Balaban J connectivity index is 1.60. The number of nitrogens with one attached hydrogen (secondary N) is 1. The van der Waals surface area contributed by atoms with E-state index in [1.165, 1.54) is 4.68 Å². The van der Waals surface area contributed by atoms with Crippen molar-refractivity contribution in [1.29, 1.82) is 0 Å². The minimum Gasteiger partial charge on any atom is -0.378 e. The molecular weight excluding hydrogens is 372 g/mol. The van der Waals surface area contributed by atoms with E-state index in [4.69, 9.17) is 5.73 Å². The van der Waals surface area contributed by atoms with Crippen LogP contribution in [0.2, 0.25) is 0 Å². The third-order valence-corrected chi connectivity index (χ3v) is 4.36. The lowest BCUT2D eigenvalue weighted by atomic mass is 10.1. The molecule has 4 rings (SSSR count). The molecule has 0 bridgehead atoms. The molecule has 0 spiro atoms. The molecule has 0 aliphatic carbocycles. The molecule has 0 atom stereocenters. The predicted molar refractivity (Wildman–Crippen MR) is 107 cm³/mol. The van der Waals surface area contributed by atoms with Crippen LogP contribution in [0.15, 0.2) is 52.2 Å². The summed E-state index contributed by atoms with van der Waals surface area (Å²) in [7, 11) is 0. The van der Waals surface area contributed by atoms with E-state index in [1.54, 1.807) is 6.21 Å². The molecule has 0 fully saturated rings. The summed E-state index contributed by atoms with van der Waals surface area (Å²) in [5.41, 5.74) is 9.77. The maximum Gasteiger partial charge on any atom is 0.293 e. The molecule has 0 aliphatic rings. The van der Waals surface area contributed by atoms with E-state index in [9.17, 15) is 4.79 Å². The molecule has 2 heterocycles. The number of nitrogens with zero attached hydrogens (tertiary/aromatic N) is 6. The fourth-order valence-electron chi connectivity index (χ4n) is 3.04. The number of anilines is 1. The van der Waals surface area contributed by atoms with E-state index in [2.05, 4.69) is 35.8 Å². The Morgan fingerprint density at radius 1 is 1.21 bits per heavy atom. The van der Waals surface area contributed by atoms with Crippen LogP contribution in [-0.2, 0) is 0 Å². The molecule has 3 N–H and O–H groups in total. The Kier molecular flexibility index (Phi) is 4.73. The van der Waals surface area contributed by atoms with E-state index in [-0.39, 0.29) is 23.2 Å². The SMILES string of the molecule is CC(C)c1c(C(=O)N/N=C\c2cccc3ccccc23)nnn1-c1nonc1N. The number of hydrogen-bond donors (Lipinski definition) is 2. The van der Waals surface area contributed by atoms with Crippen molar-refractivity contribution >= 4 is 28.7 Å². The van der Waals surface area contributed by atoms with Gasteiger partial charge in [0.15, 0.2) is 5.69 Å². The van der Waals surface area contributed by atoms with Crippen LogP contribution in [0.3, 0.4) is 0 Å². The number of carbonyl (C=O) groups is 1. The number of nitrogens with two attached hydrogens (primary N) is 1. The van der Waals surface area contributed by atoms with Gasteiger partial charge < -0.3 is 5.73 Å². The minimum absolute atomic E-state index is 0.0535. The van der Waals surface area contributed by atoms with E-state index in [1.807, 2.05) is 56.3 Å². The Hall–Kier alpha value is -4.08. The van der Waals surface area contributed by atoms with Crippen molar-refractivity contribution in [1.82, 2.24) is 30.7 Å². The van der Waals surface area contributed by atoms with Gasteiger partial charge in [-0.1, -0.05) is 61.5 Å². The van der Waals surface area contributed by atoms with Gasteiger partial charge in [0.05, 0.1) is 11.9 Å². The van der Waals surface area contributed by atoms with Gasteiger partial charge in [-0.05, 0) is 27.0 Å². The van der Waals surface area contributed by atoms with Crippen LogP contribution >= 0.6 is 0 Å². The van der Waals surface area contributed by atoms with E-state index in [0.29, 0.717) is 5.69 Å². The van der Waals surface area contributed by atoms with Crippen molar-refractivity contribution in [3.63, 3.8) is 0 Å². The molecule has 29 heavy (non-hydrogen) atoms. The van der Waals surface area contributed by atoms with Crippen molar-refractivity contribution in [3.8, 4) is 5.82 Å². The molecule has 1 amide bonds. The van der Waals surface area contributed by atoms with Gasteiger partial charge in [-0.25, -0.2) is 10.1 Å². The first-order valence-electron chi connectivity index (χ1n) is 8.91. The maximum absolute atomic E-state index is 12.7. The lowest BCUT2D eigenvalue weighted by Crippen LogP contribution is -2.21. The second kappa shape index (κ2) is 7.50. The van der Waals surface area contributed by atoms with Crippen molar-refractivity contribution in [2.75, 3.05) is 5.73 Å².